The van der Waals surface area contributed by atoms with Gasteiger partial charge in [0.15, 0.2) is 5.13 Å². The summed E-state index contributed by atoms with van der Waals surface area (Å²) in [7, 11) is -2.16. The minimum Gasteiger partial charge on any atom is -0.298 e. The van der Waals surface area contributed by atoms with Gasteiger partial charge in [-0.15, -0.1) is 0 Å². The number of thiazole rings is 1. The number of hydrogen-bond donors (Lipinski definition) is 2. The highest BCUT2D eigenvalue weighted by Gasteiger charge is 2.14. The van der Waals surface area contributed by atoms with E-state index in [0.29, 0.717) is 20.9 Å². The van der Waals surface area contributed by atoms with Gasteiger partial charge in [-0.05, 0) is 37.4 Å². The number of sulfonamides is 1. The number of anilines is 1. The van der Waals surface area contributed by atoms with Crippen molar-refractivity contribution in [3.8, 4) is 0 Å². The van der Waals surface area contributed by atoms with Crippen LogP contribution in [-0.4, -0.2) is 31.3 Å². The van der Waals surface area contributed by atoms with E-state index in [1.807, 2.05) is 0 Å². The zero-order valence-corrected chi connectivity index (χ0v) is 13.6. The van der Waals surface area contributed by atoms with Gasteiger partial charge in [-0.25, -0.2) is 18.1 Å². The van der Waals surface area contributed by atoms with Crippen LogP contribution in [0, 0.1) is 0 Å². The lowest BCUT2D eigenvalue weighted by atomic mass is 10.3. The first-order valence-corrected chi connectivity index (χ1v) is 8.85. The molecule has 0 spiro atoms. The molecule has 0 aliphatic heterocycles. The number of carbonyl (C=O) groups is 1. The van der Waals surface area contributed by atoms with Crippen molar-refractivity contribution in [3.63, 3.8) is 0 Å². The summed E-state index contributed by atoms with van der Waals surface area (Å²) in [4.78, 5) is 20.4. The number of fused-ring (bicyclic) bond motifs is 1. The second-order valence-corrected chi connectivity index (χ2v) is 7.47. The van der Waals surface area contributed by atoms with Gasteiger partial charge in [0, 0.05) is 12.4 Å². The molecule has 2 N–H and O–H groups in total. The van der Waals surface area contributed by atoms with Crippen LogP contribution in [0.5, 0.6) is 0 Å². The van der Waals surface area contributed by atoms with Gasteiger partial charge in [0.2, 0.25) is 10.0 Å². The van der Waals surface area contributed by atoms with E-state index in [2.05, 4.69) is 20.0 Å². The zero-order valence-electron chi connectivity index (χ0n) is 12.0. The molecule has 118 valence electrons. The highest BCUT2D eigenvalue weighted by Crippen LogP contribution is 2.28. The maximum Gasteiger partial charge on any atom is 0.259 e. The Hall–Kier alpha value is -2.36. The first kappa shape index (κ1) is 15.5. The van der Waals surface area contributed by atoms with E-state index in [1.54, 1.807) is 24.4 Å². The molecule has 1 aromatic carbocycles. The molecule has 0 atom stereocenters. The van der Waals surface area contributed by atoms with E-state index in [9.17, 15) is 13.2 Å². The Morgan fingerprint density at radius 1 is 1.26 bits per heavy atom. The van der Waals surface area contributed by atoms with E-state index in [0.717, 1.165) is 0 Å². The fourth-order valence-corrected chi connectivity index (χ4v) is 3.64. The normalized spacial score (nSPS) is 11.5. The van der Waals surface area contributed by atoms with Gasteiger partial charge in [0.1, 0.15) is 0 Å². The van der Waals surface area contributed by atoms with Crippen molar-refractivity contribution in [2.75, 3.05) is 12.4 Å². The molecule has 0 radical (unpaired) electrons. The van der Waals surface area contributed by atoms with E-state index in [1.165, 1.54) is 36.7 Å². The van der Waals surface area contributed by atoms with Crippen molar-refractivity contribution in [3.05, 3.63) is 48.3 Å². The molecule has 23 heavy (non-hydrogen) atoms. The lowest BCUT2D eigenvalue weighted by Gasteiger charge is -2.00. The van der Waals surface area contributed by atoms with Crippen molar-refractivity contribution in [1.29, 1.82) is 0 Å². The maximum absolute atomic E-state index is 12.1. The highest BCUT2D eigenvalue weighted by atomic mass is 32.2. The Morgan fingerprint density at radius 2 is 2.09 bits per heavy atom. The van der Waals surface area contributed by atoms with Gasteiger partial charge < -0.3 is 0 Å². The molecule has 0 saturated carbocycles. The first-order chi connectivity index (χ1) is 11.0. The third kappa shape index (κ3) is 3.21. The number of pyridine rings is 1. The van der Waals surface area contributed by atoms with Crippen LogP contribution in [0.2, 0.25) is 0 Å². The van der Waals surface area contributed by atoms with Gasteiger partial charge >= 0.3 is 0 Å². The summed E-state index contributed by atoms with van der Waals surface area (Å²) in [6, 6.07) is 7.92. The topological polar surface area (TPSA) is 101 Å². The average Bonchev–Trinajstić information content (AvgIpc) is 2.96. The number of hydrogen-bond acceptors (Lipinski definition) is 6. The van der Waals surface area contributed by atoms with Gasteiger partial charge in [0.25, 0.3) is 5.91 Å². The SMILES string of the molecule is CNS(=O)(=O)c1ccc2nc(NC(=O)c3cccnc3)sc2c1. The Morgan fingerprint density at radius 3 is 2.78 bits per heavy atom. The standard InChI is InChI=1S/C14H12N4O3S2/c1-15-23(20,21)10-4-5-11-12(7-10)22-14(17-11)18-13(19)9-3-2-6-16-8-9/h2-8,15H,1H3,(H,17,18,19). The number of nitrogens with zero attached hydrogens (tertiary/aromatic N) is 2. The van der Waals surface area contributed by atoms with E-state index in [-0.39, 0.29) is 10.8 Å². The summed E-state index contributed by atoms with van der Waals surface area (Å²) >= 11 is 1.21. The summed E-state index contributed by atoms with van der Waals surface area (Å²) in [6.07, 6.45) is 3.04. The van der Waals surface area contributed by atoms with Crippen LogP contribution < -0.4 is 10.0 Å². The summed E-state index contributed by atoms with van der Waals surface area (Å²) < 4.78 is 26.6. The molecule has 0 aliphatic rings. The van der Waals surface area contributed by atoms with Crippen molar-refractivity contribution >= 4 is 42.6 Å². The van der Waals surface area contributed by atoms with Crippen LogP contribution in [0.3, 0.4) is 0 Å². The quantitative estimate of drug-likeness (QED) is 0.749. The third-order valence-corrected chi connectivity index (χ3v) is 5.43. The molecule has 1 amide bonds. The number of nitrogens with one attached hydrogen (secondary N) is 2. The van der Waals surface area contributed by atoms with Crippen LogP contribution in [0.25, 0.3) is 10.2 Å². The predicted octanol–water partition coefficient (Wildman–Crippen LogP) is 1.85. The van der Waals surface area contributed by atoms with Crippen LogP contribution in [0.15, 0.2) is 47.6 Å². The largest absolute Gasteiger partial charge is 0.298 e. The van der Waals surface area contributed by atoms with Crippen LogP contribution in [0.1, 0.15) is 10.4 Å². The minimum absolute atomic E-state index is 0.154. The van der Waals surface area contributed by atoms with E-state index >= 15 is 0 Å². The van der Waals surface area contributed by atoms with Crippen molar-refractivity contribution < 1.29 is 13.2 Å². The monoisotopic (exact) mass is 348 g/mol. The Bertz CT molecular complexity index is 968. The summed E-state index contributed by atoms with van der Waals surface area (Å²) in [5.74, 6) is -0.319. The molecule has 0 bridgehead atoms. The fourth-order valence-electron chi connectivity index (χ4n) is 1.91. The molecular weight excluding hydrogens is 336 g/mol. The van der Waals surface area contributed by atoms with Crippen LogP contribution in [0.4, 0.5) is 5.13 Å². The van der Waals surface area contributed by atoms with Gasteiger partial charge in [0.05, 0.1) is 20.7 Å². The summed E-state index contributed by atoms with van der Waals surface area (Å²) in [6.45, 7) is 0. The molecule has 3 rings (SSSR count). The molecule has 0 saturated heterocycles. The van der Waals surface area contributed by atoms with Crippen molar-refractivity contribution in [2.24, 2.45) is 0 Å². The number of aromatic nitrogens is 2. The summed E-state index contributed by atoms with van der Waals surface area (Å²) in [5, 5.41) is 3.08. The molecule has 7 nitrogen and oxygen atoms in total. The smallest absolute Gasteiger partial charge is 0.259 e. The molecule has 9 heteroatoms. The van der Waals surface area contributed by atoms with Crippen LogP contribution >= 0.6 is 11.3 Å². The van der Waals surface area contributed by atoms with Gasteiger partial charge in [-0.1, -0.05) is 11.3 Å². The molecule has 0 unspecified atom stereocenters. The van der Waals surface area contributed by atoms with Gasteiger partial charge in [-0.3, -0.25) is 15.1 Å². The molecule has 0 fully saturated rings. The zero-order chi connectivity index (χ0) is 16.4. The number of rotatable bonds is 4. The van der Waals surface area contributed by atoms with E-state index in [4.69, 9.17) is 0 Å². The number of benzene rings is 1. The first-order valence-electron chi connectivity index (χ1n) is 6.55. The molecule has 2 aromatic heterocycles. The molecule has 0 aliphatic carbocycles. The second kappa shape index (κ2) is 6.03. The molecule has 3 aromatic rings. The second-order valence-electron chi connectivity index (χ2n) is 4.55. The van der Waals surface area contributed by atoms with Crippen molar-refractivity contribution in [2.45, 2.75) is 4.90 Å². The molecule has 2 heterocycles. The van der Waals surface area contributed by atoms with E-state index < -0.39 is 10.0 Å². The average molecular weight is 348 g/mol. The number of carbonyl (C=O) groups excluding carboxylic acids is 1. The Balaban J connectivity index is 1.90. The lowest BCUT2D eigenvalue weighted by Crippen LogP contribution is -2.18. The van der Waals surface area contributed by atoms with Crippen molar-refractivity contribution in [1.82, 2.24) is 14.7 Å². The predicted molar refractivity (Wildman–Crippen MR) is 88.1 cm³/mol. The summed E-state index contributed by atoms with van der Waals surface area (Å²) in [5.41, 5.74) is 1.04. The lowest BCUT2D eigenvalue weighted by molar-refractivity contribution is 0.102. The maximum atomic E-state index is 12.1. The number of amides is 1. The highest BCUT2D eigenvalue weighted by molar-refractivity contribution is 7.89. The van der Waals surface area contributed by atoms with Crippen LogP contribution in [-0.2, 0) is 10.0 Å². The fraction of sp³-hybridized carbons (Fsp3) is 0.0714. The minimum atomic E-state index is -3.51. The third-order valence-electron chi connectivity index (χ3n) is 3.08. The Labute approximate surface area is 136 Å². The Kier molecular flexibility index (Phi) is 4.07. The van der Waals surface area contributed by atoms with Gasteiger partial charge in [-0.2, -0.15) is 0 Å². The molecular formula is C14H12N4O3S2.